The lowest BCUT2D eigenvalue weighted by Gasteiger charge is -2.51. The monoisotopic (exact) mass is 332 g/mol. The highest BCUT2D eigenvalue weighted by atomic mass is 16.1. The average molecular weight is 333 g/mol. The van der Waals surface area contributed by atoms with E-state index in [9.17, 15) is 9.59 Å². The molecule has 0 N–H and O–H groups in total. The van der Waals surface area contributed by atoms with E-state index in [-0.39, 0.29) is 17.1 Å². The molecule has 0 aromatic rings. The van der Waals surface area contributed by atoms with Crippen molar-refractivity contribution in [2.45, 2.75) is 91.9 Å². The Balaban J connectivity index is 1.96. The molecule has 0 aromatic heterocycles. The number of carbonyl (C=O) groups is 2. The Bertz CT molecular complexity index is 492. The first-order valence-electron chi connectivity index (χ1n) is 10.0. The normalized spacial score (nSPS) is 36.0. The molecule has 0 unspecified atom stereocenters. The minimum absolute atomic E-state index is 0.208. The second kappa shape index (κ2) is 7.97. The predicted molar refractivity (Wildman–Crippen MR) is 99.9 cm³/mol. The second-order valence-corrected chi connectivity index (χ2v) is 8.82. The Kier molecular flexibility index (Phi) is 6.45. The third-order valence-corrected chi connectivity index (χ3v) is 7.09. The molecule has 0 heterocycles. The molecule has 4 atom stereocenters. The number of hydrogen-bond acceptors (Lipinski definition) is 2. The van der Waals surface area contributed by atoms with Crippen molar-refractivity contribution < 1.29 is 9.59 Å². The molecule has 2 rings (SSSR count). The van der Waals surface area contributed by atoms with Crippen molar-refractivity contribution in [3.05, 3.63) is 12.2 Å². The summed E-state index contributed by atoms with van der Waals surface area (Å²) in [4.78, 5) is 23.9. The highest BCUT2D eigenvalue weighted by molar-refractivity contribution is 5.89. The molecule has 0 radical (unpaired) electrons. The van der Waals surface area contributed by atoms with E-state index in [2.05, 4.69) is 26.8 Å². The number of carbonyl (C=O) groups excluding carboxylic acids is 2. The Morgan fingerprint density at radius 3 is 2.58 bits per heavy atom. The first kappa shape index (κ1) is 19.4. The lowest BCUT2D eigenvalue weighted by molar-refractivity contribution is -0.126. The molecular formula is C22H36O2. The van der Waals surface area contributed by atoms with Gasteiger partial charge in [0.1, 0.15) is 5.78 Å². The summed E-state index contributed by atoms with van der Waals surface area (Å²) < 4.78 is 0. The number of fused-ring (bicyclic) bond motifs is 1. The van der Waals surface area contributed by atoms with Crippen LogP contribution in [-0.4, -0.2) is 11.6 Å². The lowest BCUT2D eigenvalue weighted by Crippen LogP contribution is -2.44. The van der Waals surface area contributed by atoms with Gasteiger partial charge in [0.25, 0.3) is 0 Å². The maximum atomic E-state index is 12.1. The Hall–Kier alpha value is -0.920. The van der Waals surface area contributed by atoms with Crippen LogP contribution < -0.4 is 0 Å². The van der Waals surface area contributed by atoms with Crippen LogP contribution in [-0.2, 0) is 9.59 Å². The van der Waals surface area contributed by atoms with Crippen molar-refractivity contribution in [3.8, 4) is 0 Å². The molecule has 0 aliphatic heterocycles. The van der Waals surface area contributed by atoms with Crippen molar-refractivity contribution in [3.63, 3.8) is 0 Å². The molecule has 0 saturated heterocycles. The molecule has 24 heavy (non-hydrogen) atoms. The summed E-state index contributed by atoms with van der Waals surface area (Å²) in [7, 11) is 0. The van der Waals surface area contributed by atoms with Gasteiger partial charge in [-0.2, -0.15) is 0 Å². The average Bonchev–Trinajstić information content (AvgIpc) is 2.88. The van der Waals surface area contributed by atoms with Crippen LogP contribution in [0.1, 0.15) is 91.9 Å². The number of hydrogen-bond donors (Lipinski definition) is 0. The fourth-order valence-corrected chi connectivity index (χ4v) is 5.81. The molecule has 0 spiro atoms. The molecule has 2 aliphatic carbocycles. The molecule has 0 bridgehead atoms. The van der Waals surface area contributed by atoms with Gasteiger partial charge in [0.05, 0.1) is 0 Å². The maximum absolute atomic E-state index is 12.1. The summed E-state index contributed by atoms with van der Waals surface area (Å²) in [5.74, 6) is 1.60. The molecule has 2 nitrogen and oxygen atoms in total. The Morgan fingerprint density at radius 2 is 1.92 bits per heavy atom. The van der Waals surface area contributed by atoms with Crippen molar-refractivity contribution in [1.29, 1.82) is 0 Å². The Morgan fingerprint density at radius 1 is 1.17 bits per heavy atom. The summed E-state index contributed by atoms with van der Waals surface area (Å²) in [6.07, 6.45) is 14.8. The van der Waals surface area contributed by atoms with Crippen LogP contribution in [0.3, 0.4) is 0 Å². The minimum atomic E-state index is 0.208. The third kappa shape index (κ3) is 4.00. The first-order chi connectivity index (χ1) is 11.3. The van der Waals surface area contributed by atoms with Gasteiger partial charge in [-0.05, 0) is 74.7 Å². The quantitative estimate of drug-likeness (QED) is 0.519. The molecular weight excluding hydrogens is 296 g/mol. The zero-order chi connectivity index (χ0) is 17.8. The van der Waals surface area contributed by atoms with E-state index in [1.807, 2.05) is 0 Å². The highest BCUT2D eigenvalue weighted by Gasteiger charge is 2.56. The lowest BCUT2D eigenvalue weighted by atomic mass is 9.54. The van der Waals surface area contributed by atoms with Crippen molar-refractivity contribution >= 4 is 11.6 Å². The van der Waals surface area contributed by atoms with Gasteiger partial charge in [-0.25, -0.2) is 0 Å². The standard InChI is InChI=1S/C22H36O2/c1-5-6-10-18(24)11-7-8-14-21(3)15-9-16-22(4)19(17(2)23)12-13-20(21)22/h7,11,19-20H,5-6,8-10,12-16H2,1-4H3/b11-7+/t19-,20+,21-,22-/m1/s1. The van der Waals surface area contributed by atoms with E-state index in [0.717, 1.165) is 32.1 Å². The number of Topliss-reactive ketones (excluding diaryl/α,β-unsaturated/α-hetero) is 1. The van der Waals surface area contributed by atoms with Crippen LogP contribution in [0.25, 0.3) is 0 Å². The fourth-order valence-electron chi connectivity index (χ4n) is 5.81. The van der Waals surface area contributed by atoms with E-state index in [1.165, 1.54) is 25.7 Å². The van der Waals surface area contributed by atoms with E-state index in [0.29, 0.717) is 23.5 Å². The maximum Gasteiger partial charge on any atom is 0.155 e. The molecule has 136 valence electrons. The first-order valence-corrected chi connectivity index (χ1v) is 10.0. The molecule has 0 aromatic carbocycles. The number of allylic oxidation sites excluding steroid dienone is 2. The third-order valence-electron chi connectivity index (χ3n) is 7.09. The Labute approximate surface area is 148 Å². The van der Waals surface area contributed by atoms with E-state index >= 15 is 0 Å². The van der Waals surface area contributed by atoms with Crippen LogP contribution in [0.15, 0.2) is 12.2 Å². The van der Waals surface area contributed by atoms with Crippen LogP contribution in [0.4, 0.5) is 0 Å². The van der Waals surface area contributed by atoms with Crippen LogP contribution in [0.5, 0.6) is 0 Å². The van der Waals surface area contributed by atoms with Gasteiger partial charge in [-0.1, -0.05) is 39.7 Å². The SMILES string of the molecule is CCCCC(=O)/C=C/CC[C@]1(C)CCC[C@]2(C)[C@@H](C(C)=O)CC[C@@H]12. The second-order valence-electron chi connectivity index (χ2n) is 8.82. The number of unbranched alkanes of at least 4 members (excludes halogenated alkanes) is 1. The van der Waals surface area contributed by atoms with Gasteiger partial charge >= 0.3 is 0 Å². The van der Waals surface area contributed by atoms with Crippen LogP contribution in [0.2, 0.25) is 0 Å². The largest absolute Gasteiger partial charge is 0.300 e. The predicted octanol–water partition coefficient (Wildman–Crippen LogP) is 5.89. The van der Waals surface area contributed by atoms with Crippen molar-refractivity contribution in [1.82, 2.24) is 0 Å². The van der Waals surface area contributed by atoms with Crippen molar-refractivity contribution in [2.75, 3.05) is 0 Å². The molecule has 2 saturated carbocycles. The number of ketones is 2. The highest BCUT2D eigenvalue weighted by Crippen LogP contribution is 2.63. The summed E-state index contributed by atoms with van der Waals surface area (Å²) in [6, 6.07) is 0. The molecule has 0 amide bonds. The molecule has 2 aliphatic rings. The topological polar surface area (TPSA) is 34.1 Å². The molecule has 2 heteroatoms. The van der Waals surface area contributed by atoms with Gasteiger partial charge in [-0.3, -0.25) is 9.59 Å². The summed E-state index contributed by atoms with van der Waals surface area (Å²) in [6.45, 7) is 8.71. The van der Waals surface area contributed by atoms with Crippen LogP contribution >= 0.6 is 0 Å². The van der Waals surface area contributed by atoms with E-state index < -0.39 is 0 Å². The van der Waals surface area contributed by atoms with E-state index in [1.54, 1.807) is 13.0 Å². The fraction of sp³-hybridized carbons (Fsp3) is 0.818. The zero-order valence-corrected chi connectivity index (χ0v) is 16.2. The number of rotatable bonds is 8. The summed E-state index contributed by atoms with van der Waals surface area (Å²) in [5.41, 5.74) is 0.535. The van der Waals surface area contributed by atoms with Crippen LogP contribution in [0, 0.1) is 22.7 Å². The van der Waals surface area contributed by atoms with E-state index in [4.69, 9.17) is 0 Å². The summed E-state index contributed by atoms with van der Waals surface area (Å²) >= 11 is 0. The zero-order valence-electron chi connectivity index (χ0n) is 16.2. The van der Waals surface area contributed by atoms with Gasteiger partial charge in [-0.15, -0.1) is 0 Å². The van der Waals surface area contributed by atoms with Gasteiger partial charge < -0.3 is 0 Å². The van der Waals surface area contributed by atoms with Crippen molar-refractivity contribution in [2.24, 2.45) is 22.7 Å². The summed E-state index contributed by atoms with van der Waals surface area (Å²) in [5, 5.41) is 0. The van der Waals surface area contributed by atoms with Gasteiger partial charge in [0.2, 0.25) is 0 Å². The van der Waals surface area contributed by atoms with Gasteiger partial charge in [0.15, 0.2) is 5.78 Å². The van der Waals surface area contributed by atoms with Gasteiger partial charge in [0, 0.05) is 12.3 Å². The smallest absolute Gasteiger partial charge is 0.155 e. The minimum Gasteiger partial charge on any atom is -0.300 e. The molecule has 2 fully saturated rings.